The maximum absolute atomic E-state index is 12.8. The highest BCUT2D eigenvalue weighted by Crippen LogP contribution is 2.33. The molecule has 2 N–H and O–H groups in total. The number of ether oxygens (including phenoxy) is 1. The number of hydrogen-bond donors (Lipinski definition) is 1. The zero-order valence-electron chi connectivity index (χ0n) is 21.3. The first-order valence-corrected chi connectivity index (χ1v) is 13.9. The molecule has 196 valence electrons. The lowest BCUT2D eigenvalue weighted by Gasteiger charge is -2.37. The van der Waals surface area contributed by atoms with Gasteiger partial charge >= 0.3 is 0 Å². The van der Waals surface area contributed by atoms with Crippen LogP contribution >= 0.6 is 0 Å². The Balaban J connectivity index is 1.17. The van der Waals surface area contributed by atoms with Crippen LogP contribution in [0.3, 0.4) is 0 Å². The highest BCUT2D eigenvalue weighted by Gasteiger charge is 2.38. The topological polar surface area (TPSA) is 119 Å². The molecule has 2 aliphatic rings. The maximum atomic E-state index is 12.8. The Labute approximate surface area is 221 Å². The molecule has 0 aliphatic carbocycles. The second-order valence-corrected chi connectivity index (χ2v) is 11.8. The zero-order chi connectivity index (χ0) is 26.4. The predicted molar refractivity (Wildman–Crippen MR) is 143 cm³/mol. The fourth-order valence-corrected chi connectivity index (χ4v) is 6.55. The number of aryl methyl sites for hydroxylation is 1. The van der Waals surface area contributed by atoms with Gasteiger partial charge in [0.25, 0.3) is 5.88 Å². The van der Waals surface area contributed by atoms with Crippen LogP contribution in [0, 0.1) is 6.92 Å². The second kappa shape index (κ2) is 9.50. The molecule has 6 rings (SSSR count). The molecule has 2 aromatic heterocycles. The van der Waals surface area contributed by atoms with Crippen molar-refractivity contribution in [3.8, 4) is 22.9 Å². The lowest BCUT2D eigenvalue weighted by Crippen LogP contribution is -2.50. The van der Waals surface area contributed by atoms with E-state index >= 15 is 0 Å². The molecule has 0 radical (unpaired) electrons. The number of benzene rings is 2. The third-order valence-electron chi connectivity index (χ3n) is 7.19. The van der Waals surface area contributed by atoms with Crippen LogP contribution in [0.4, 0.5) is 5.82 Å². The van der Waals surface area contributed by atoms with E-state index in [1.165, 1.54) is 21.0 Å². The Morgan fingerprint density at radius 1 is 1.11 bits per heavy atom. The van der Waals surface area contributed by atoms with Gasteiger partial charge in [0.1, 0.15) is 0 Å². The van der Waals surface area contributed by atoms with Crippen molar-refractivity contribution in [2.24, 2.45) is 0 Å². The molecule has 38 heavy (non-hydrogen) atoms. The van der Waals surface area contributed by atoms with Crippen LogP contribution in [0.1, 0.15) is 22.7 Å². The van der Waals surface area contributed by atoms with E-state index in [0.29, 0.717) is 24.5 Å². The first kappa shape index (κ1) is 24.5. The highest BCUT2D eigenvalue weighted by molar-refractivity contribution is 7.89. The SMILES string of the molecule is Cc1cc(-c2cnc(N)c(Oc3cnn(C4CN(S(=O)(=O)c5ccccc5)C4)c3)n2)cc2c1CCN(C)C2. The van der Waals surface area contributed by atoms with E-state index in [2.05, 4.69) is 46.1 Å². The molecule has 0 unspecified atom stereocenters. The molecule has 0 bridgehead atoms. The quantitative estimate of drug-likeness (QED) is 0.403. The molecular formula is C27H29N7O3S. The van der Waals surface area contributed by atoms with E-state index in [4.69, 9.17) is 10.5 Å². The van der Waals surface area contributed by atoms with E-state index in [1.54, 1.807) is 53.6 Å². The van der Waals surface area contributed by atoms with Crippen LogP contribution in [0.5, 0.6) is 11.6 Å². The van der Waals surface area contributed by atoms with Gasteiger partial charge in [0.15, 0.2) is 11.6 Å². The van der Waals surface area contributed by atoms with Crippen molar-refractivity contribution in [1.82, 2.24) is 29.0 Å². The van der Waals surface area contributed by atoms with Gasteiger partial charge in [-0.05, 0) is 61.3 Å². The van der Waals surface area contributed by atoms with Gasteiger partial charge in [-0.15, -0.1) is 0 Å². The van der Waals surface area contributed by atoms with Crippen molar-refractivity contribution in [3.05, 3.63) is 77.7 Å². The Morgan fingerprint density at radius 2 is 1.89 bits per heavy atom. The molecule has 0 amide bonds. The average Bonchev–Trinajstić information content (AvgIpc) is 3.32. The summed E-state index contributed by atoms with van der Waals surface area (Å²) in [6, 6.07) is 12.7. The fraction of sp³-hybridized carbons (Fsp3) is 0.296. The van der Waals surface area contributed by atoms with Crippen LogP contribution in [-0.4, -0.2) is 64.1 Å². The minimum absolute atomic E-state index is 0.0859. The third-order valence-corrected chi connectivity index (χ3v) is 9.03. The number of nitrogens with zero attached hydrogens (tertiary/aromatic N) is 6. The molecule has 11 heteroatoms. The lowest BCUT2D eigenvalue weighted by molar-refractivity contribution is 0.191. The van der Waals surface area contributed by atoms with Crippen LogP contribution in [0.25, 0.3) is 11.3 Å². The van der Waals surface area contributed by atoms with Crippen molar-refractivity contribution in [3.63, 3.8) is 0 Å². The first-order chi connectivity index (χ1) is 18.3. The van der Waals surface area contributed by atoms with E-state index in [0.717, 1.165) is 25.1 Å². The van der Waals surface area contributed by atoms with Gasteiger partial charge in [0.05, 0.1) is 35.2 Å². The normalized spacial score (nSPS) is 16.7. The monoisotopic (exact) mass is 531 g/mol. The Kier molecular flexibility index (Phi) is 6.13. The number of rotatable bonds is 6. The summed E-state index contributed by atoms with van der Waals surface area (Å²) in [6.07, 6.45) is 6.00. The second-order valence-electron chi connectivity index (χ2n) is 9.91. The molecule has 0 atom stereocenters. The van der Waals surface area contributed by atoms with Gasteiger partial charge < -0.3 is 15.4 Å². The van der Waals surface area contributed by atoms with E-state index in [-0.39, 0.29) is 22.6 Å². The summed E-state index contributed by atoms with van der Waals surface area (Å²) in [5.41, 5.74) is 11.7. The van der Waals surface area contributed by atoms with Gasteiger partial charge in [0.2, 0.25) is 10.0 Å². The number of nitrogen functional groups attached to an aromatic ring is 1. The van der Waals surface area contributed by atoms with Gasteiger partial charge in [0, 0.05) is 31.7 Å². The van der Waals surface area contributed by atoms with Gasteiger partial charge in [-0.25, -0.2) is 18.4 Å². The van der Waals surface area contributed by atoms with Crippen LogP contribution in [-0.2, 0) is 23.0 Å². The molecule has 0 saturated carbocycles. The van der Waals surface area contributed by atoms with E-state index in [9.17, 15) is 8.42 Å². The number of fused-ring (bicyclic) bond motifs is 1. The molecule has 4 aromatic rings. The minimum Gasteiger partial charge on any atom is -0.433 e. The highest BCUT2D eigenvalue weighted by atomic mass is 32.2. The molecule has 4 heterocycles. The number of anilines is 1. The van der Waals surface area contributed by atoms with E-state index < -0.39 is 10.0 Å². The Bertz CT molecular complexity index is 1600. The van der Waals surface area contributed by atoms with Crippen LogP contribution in [0.15, 0.2) is 66.0 Å². The van der Waals surface area contributed by atoms with Crippen LogP contribution in [0.2, 0.25) is 0 Å². The minimum atomic E-state index is -3.51. The number of hydrogen-bond acceptors (Lipinski definition) is 8. The summed E-state index contributed by atoms with van der Waals surface area (Å²) in [5.74, 6) is 0.840. The number of nitrogens with two attached hydrogens (primary N) is 1. The summed E-state index contributed by atoms with van der Waals surface area (Å²) in [4.78, 5) is 11.6. The van der Waals surface area contributed by atoms with E-state index in [1.807, 2.05) is 0 Å². The van der Waals surface area contributed by atoms with Gasteiger partial charge in [-0.1, -0.05) is 18.2 Å². The van der Waals surface area contributed by atoms with Crippen LogP contribution < -0.4 is 10.5 Å². The summed E-state index contributed by atoms with van der Waals surface area (Å²) in [6.45, 7) is 4.77. The summed E-state index contributed by atoms with van der Waals surface area (Å²) in [7, 11) is -1.38. The van der Waals surface area contributed by atoms with Crippen molar-refractivity contribution < 1.29 is 13.2 Å². The third kappa shape index (κ3) is 4.53. The molecule has 1 saturated heterocycles. The van der Waals surface area contributed by atoms with Crippen molar-refractivity contribution in [2.75, 3.05) is 32.4 Å². The largest absolute Gasteiger partial charge is 0.433 e. The maximum Gasteiger partial charge on any atom is 0.263 e. The Morgan fingerprint density at radius 3 is 2.68 bits per heavy atom. The number of likely N-dealkylation sites (N-methyl/N-ethyl adjacent to an activating group) is 1. The molecular weight excluding hydrogens is 502 g/mol. The van der Waals surface area contributed by atoms with Crippen molar-refractivity contribution in [2.45, 2.75) is 30.8 Å². The lowest BCUT2D eigenvalue weighted by atomic mass is 9.92. The first-order valence-electron chi connectivity index (χ1n) is 12.5. The van der Waals surface area contributed by atoms with Gasteiger partial charge in [-0.3, -0.25) is 4.68 Å². The summed E-state index contributed by atoms with van der Waals surface area (Å²) in [5, 5.41) is 4.38. The predicted octanol–water partition coefficient (Wildman–Crippen LogP) is 3.26. The Hall–Kier alpha value is -3.80. The number of aromatic nitrogens is 4. The smallest absolute Gasteiger partial charge is 0.263 e. The fourth-order valence-electron chi connectivity index (χ4n) is 5.01. The van der Waals surface area contributed by atoms with Gasteiger partial charge in [-0.2, -0.15) is 9.40 Å². The summed E-state index contributed by atoms with van der Waals surface area (Å²) < 4.78 is 34.7. The molecule has 10 nitrogen and oxygen atoms in total. The average molecular weight is 532 g/mol. The van der Waals surface area contributed by atoms with Crippen molar-refractivity contribution >= 4 is 15.8 Å². The molecule has 2 aliphatic heterocycles. The zero-order valence-corrected chi connectivity index (χ0v) is 22.1. The standard InChI is InChI=1S/C27H29N7O3S/c1-18-10-19(11-20-14-32(2)9-8-24(18)20)25-13-29-26(28)27(31-25)37-22-12-30-34(17-22)21-15-33(16-21)38(35,36)23-6-4-3-5-7-23/h3-7,10-13,17,21H,8-9,14-16H2,1-2H3,(H2,28,29). The molecule has 1 fully saturated rings. The number of sulfonamides is 1. The molecule has 2 aromatic carbocycles. The molecule has 0 spiro atoms. The summed E-state index contributed by atoms with van der Waals surface area (Å²) >= 11 is 0. The van der Waals surface area contributed by atoms with Crippen molar-refractivity contribution in [1.29, 1.82) is 0 Å².